The topological polar surface area (TPSA) is 85.6 Å². The molecule has 2 aromatic rings. The Bertz CT molecular complexity index is 740. The first kappa shape index (κ1) is 15.6. The van der Waals surface area contributed by atoms with Crippen molar-refractivity contribution in [2.24, 2.45) is 0 Å². The lowest BCUT2D eigenvalue weighted by Gasteiger charge is -2.08. The molecule has 1 aromatic carbocycles. The molecule has 6 nitrogen and oxygen atoms in total. The van der Waals surface area contributed by atoms with Crippen molar-refractivity contribution in [1.29, 1.82) is 0 Å². The Hall–Kier alpha value is -1.83. The molecule has 0 aliphatic carbocycles. The van der Waals surface area contributed by atoms with E-state index in [1.807, 2.05) is 0 Å². The van der Waals surface area contributed by atoms with Crippen LogP contribution in [0, 0.1) is 0 Å². The average molecular weight is 330 g/mol. The molecule has 21 heavy (non-hydrogen) atoms. The van der Waals surface area contributed by atoms with Crippen LogP contribution >= 0.6 is 11.6 Å². The summed E-state index contributed by atoms with van der Waals surface area (Å²) in [5.74, 6) is -0.591. The summed E-state index contributed by atoms with van der Waals surface area (Å²) >= 11 is 5.93. The van der Waals surface area contributed by atoms with Crippen LogP contribution in [-0.4, -0.2) is 21.5 Å². The summed E-state index contributed by atoms with van der Waals surface area (Å²) in [4.78, 5) is 11.2. The number of esters is 1. The maximum Gasteiger partial charge on any atom is 0.337 e. The van der Waals surface area contributed by atoms with Crippen molar-refractivity contribution in [2.75, 3.05) is 7.11 Å². The zero-order chi connectivity index (χ0) is 15.5. The molecule has 1 aromatic heterocycles. The highest BCUT2D eigenvalue weighted by Gasteiger charge is 2.19. The lowest BCUT2D eigenvalue weighted by atomic mass is 10.2. The summed E-state index contributed by atoms with van der Waals surface area (Å²) in [5.41, 5.74) is 0.858. The average Bonchev–Trinajstić information content (AvgIpc) is 2.97. The molecule has 0 aliphatic rings. The lowest BCUT2D eigenvalue weighted by molar-refractivity contribution is 0.0600. The van der Waals surface area contributed by atoms with Crippen molar-refractivity contribution in [3.8, 4) is 0 Å². The number of rotatable bonds is 5. The van der Waals surface area contributed by atoms with Crippen LogP contribution in [0.15, 0.2) is 46.1 Å². The van der Waals surface area contributed by atoms with Crippen molar-refractivity contribution in [3.05, 3.63) is 52.9 Å². The van der Waals surface area contributed by atoms with Crippen LogP contribution in [0.2, 0.25) is 5.02 Å². The lowest BCUT2D eigenvalue weighted by Crippen LogP contribution is -2.23. The van der Waals surface area contributed by atoms with Gasteiger partial charge in [-0.25, -0.2) is 17.9 Å². The smallest absolute Gasteiger partial charge is 0.337 e. The minimum Gasteiger partial charge on any atom is -0.472 e. The van der Waals surface area contributed by atoms with E-state index in [0.29, 0.717) is 5.56 Å². The van der Waals surface area contributed by atoms with Gasteiger partial charge in [0.15, 0.2) is 0 Å². The van der Waals surface area contributed by atoms with Crippen molar-refractivity contribution >= 4 is 27.6 Å². The summed E-state index contributed by atoms with van der Waals surface area (Å²) in [5, 5.41) is -0.0578. The summed E-state index contributed by atoms with van der Waals surface area (Å²) in [7, 11) is -2.56. The standard InChI is InChI=1S/C13H12ClNO5S/c1-19-13(16)10-2-3-12(11(14)6-10)21(17,18)15-7-9-4-5-20-8-9/h2-6,8,15H,7H2,1H3. The highest BCUT2D eigenvalue weighted by atomic mass is 35.5. The van der Waals surface area contributed by atoms with Gasteiger partial charge in [-0.1, -0.05) is 11.6 Å². The van der Waals surface area contributed by atoms with E-state index in [4.69, 9.17) is 16.0 Å². The van der Waals surface area contributed by atoms with E-state index in [1.165, 1.54) is 37.8 Å². The second-order valence-electron chi connectivity index (χ2n) is 4.09. The largest absolute Gasteiger partial charge is 0.472 e. The summed E-state index contributed by atoms with van der Waals surface area (Å²) < 4.78 is 36.1. The van der Waals surface area contributed by atoms with E-state index < -0.39 is 16.0 Å². The second-order valence-corrected chi connectivity index (χ2v) is 6.24. The highest BCUT2D eigenvalue weighted by molar-refractivity contribution is 7.89. The van der Waals surface area contributed by atoms with E-state index in [-0.39, 0.29) is 22.0 Å². The molecule has 0 aliphatic heterocycles. The van der Waals surface area contributed by atoms with Crippen molar-refractivity contribution < 1.29 is 22.4 Å². The Morgan fingerprint density at radius 1 is 1.38 bits per heavy atom. The minimum absolute atomic E-state index is 0.0578. The SMILES string of the molecule is COC(=O)c1ccc(S(=O)(=O)NCc2ccoc2)c(Cl)c1. The van der Waals surface area contributed by atoms with Gasteiger partial charge in [0.05, 0.1) is 30.2 Å². The number of hydrogen-bond donors (Lipinski definition) is 1. The van der Waals surface area contributed by atoms with E-state index in [0.717, 1.165) is 0 Å². The van der Waals surface area contributed by atoms with Gasteiger partial charge < -0.3 is 9.15 Å². The molecule has 112 valence electrons. The zero-order valence-electron chi connectivity index (χ0n) is 11.0. The van der Waals surface area contributed by atoms with Gasteiger partial charge in [-0.05, 0) is 24.3 Å². The number of nitrogens with one attached hydrogen (secondary N) is 1. The number of methoxy groups -OCH3 is 1. The molecule has 0 bridgehead atoms. The summed E-state index contributed by atoms with van der Waals surface area (Å²) in [6.45, 7) is 0.0773. The summed E-state index contributed by atoms with van der Waals surface area (Å²) in [6.07, 6.45) is 2.88. The first-order chi connectivity index (χ1) is 9.94. The normalized spacial score (nSPS) is 11.3. The molecule has 0 saturated heterocycles. The third-order valence-corrected chi connectivity index (χ3v) is 4.57. The number of sulfonamides is 1. The van der Waals surface area contributed by atoms with Gasteiger partial charge in [-0.3, -0.25) is 0 Å². The first-order valence-electron chi connectivity index (χ1n) is 5.82. The predicted molar refractivity (Wildman–Crippen MR) is 75.5 cm³/mol. The molecule has 1 heterocycles. The minimum atomic E-state index is -3.79. The number of benzene rings is 1. The second kappa shape index (κ2) is 6.30. The van der Waals surface area contributed by atoms with Crippen LogP contribution in [0.3, 0.4) is 0 Å². The molecule has 0 spiro atoms. The van der Waals surface area contributed by atoms with Crippen molar-refractivity contribution in [2.45, 2.75) is 11.4 Å². The molecule has 0 amide bonds. The van der Waals surface area contributed by atoms with E-state index in [9.17, 15) is 13.2 Å². The van der Waals surface area contributed by atoms with Crippen LogP contribution in [0.1, 0.15) is 15.9 Å². The molecule has 1 N–H and O–H groups in total. The molecule has 0 atom stereocenters. The van der Waals surface area contributed by atoms with Crippen LogP contribution in [0.4, 0.5) is 0 Å². The molecular weight excluding hydrogens is 318 g/mol. The molecule has 0 fully saturated rings. The van der Waals surface area contributed by atoms with Gasteiger partial charge in [0.25, 0.3) is 0 Å². The van der Waals surface area contributed by atoms with Gasteiger partial charge in [0, 0.05) is 12.1 Å². The molecule has 0 radical (unpaired) electrons. The quantitative estimate of drug-likeness (QED) is 0.850. The number of halogens is 1. The highest BCUT2D eigenvalue weighted by Crippen LogP contribution is 2.23. The number of hydrogen-bond acceptors (Lipinski definition) is 5. The molecule has 0 unspecified atom stereocenters. The Kier molecular flexibility index (Phi) is 4.66. The van der Waals surface area contributed by atoms with Gasteiger partial charge in [0.1, 0.15) is 4.90 Å². The van der Waals surface area contributed by atoms with Crippen LogP contribution in [-0.2, 0) is 21.3 Å². The Morgan fingerprint density at radius 2 is 2.14 bits per heavy atom. The zero-order valence-corrected chi connectivity index (χ0v) is 12.6. The number of ether oxygens (including phenoxy) is 1. The van der Waals surface area contributed by atoms with Gasteiger partial charge in [-0.2, -0.15) is 0 Å². The van der Waals surface area contributed by atoms with Gasteiger partial charge >= 0.3 is 5.97 Å². The number of furan rings is 1. The van der Waals surface area contributed by atoms with E-state index >= 15 is 0 Å². The Labute approximate surface area is 126 Å². The van der Waals surface area contributed by atoms with Gasteiger partial charge in [-0.15, -0.1) is 0 Å². The van der Waals surface area contributed by atoms with Crippen LogP contribution in [0.25, 0.3) is 0 Å². The maximum absolute atomic E-state index is 12.2. The molecule has 8 heteroatoms. The molecular formula is C13H12ClNO5S. The predicted octanol–water partition coefficient (Wildman–Crippen LogP) is 2.20. The first-order valence-corrected chi connectivity index (χ1v) is 7.69. The van der Waals surface area contributed by atoms with Crippen molar-refractivity contribution in [1.82, 2.24) is 4.72 Å². The molecule has 2 rings (SSSR count). The number of carbonyl (C=O) groups excluding carboxylic acids is 1. The van der Waals surface area contributed by atoms with Crippen molar-refractivity contribution in [3.63, 3.8) is 0 Å². The van der Waals surface area contributed by atoms with Crippen LogP contribution < -0.4 is 4.72 Å². The fourth-order valence-electron chi connectivity index (χ4n) is 1.61. The fourth-order valence-corrected chi connectivity index (χ4v) is 3.17. The monoisotopic (exact) mass is 329 g/mol. The number of carbonyl (C=O) groups is 1. The van der Waals surface area contributed by atoms with Gasteiger partial charge in [0.2, 0.25) is 10.0 Å². The third kappa shape index (κ3) is 3.63. The Morgan fingerprint density at radius 3 is 2.71 bits per heavy atom. The fraction of sp³-hybridized carbons (Fsp3) is 0.154. The molecule has 0 saturated carbocycles. The van der Waals surface area contributed by atoms with Crippen LogP contribution in [0.5, 0.6) is 0 Å². The Balaban J connectivity index is 2.21. The third-order valence-electron chi connectivity index (χ3n) is 2.69. The summed E-state index contributed by atoms with van der Waals surface area (Å²) in [6, 6.07) is 5.49. The maximum atomic E-state index is 12.2. The van der Waals surface area contributed by atoms with E-state index in [1.54, 1.807) is 6.07 Å². The van der Waals surface area contributed by atoms with E-state index in [2.05, 4.69) is 9.46 Å².